The minimum Gasteiger partial charge on any atom is -0.186 e. The van der Waals surface area contributed by atoms with Crippen molar-refractivity contribution < 1.29 is 0 Å². The van der Waals surface area contributed by atoms with Gasteiger partial charge in [-0.05, 0) is 19.8 Å². The molecule has 10 heavy (non-hydrogen) atoms. The Labute approximate surface area is 62.0 Å². The molecule has 2 nitrogen and oxygen atoms in total. The summed E-state index contributed by atoms with van der Waals surface area (Å²) in [6.45, 7) is 4.25. The normalized spacial score (nSPS) is 24.6. The van der Waals surface area contributed by atoms with Crippen molar-refractivity contribution in [1.82, 2.24) is 0 Å². The van der Waals surface area contributed by atoms with Crippen LogP contribution in [0.2, 0.25) is 0 Å². The molecule has 0 aromatic carbocycles. The second-order valence-corrected chi connectivity index (χ2v) is 2.75. The van der Waals surface area contributed by atoms with E-state index in [0.29, 0.717) is 6.04 Å². The number of hydrogen-bond donors (Lipinski definition) is 0. The molecule has 1 atom stereocenters. The summed E-state index contributed by atoms with van der Waals surface area (Å²) in [5.41, 5.74) is 1.17. The van der Waals surface area contributed by atoms with E-state index in [1.165, 1.54) is 12.1 Å². The van der Waals surface area contributed by atoms with Crippen molar-refractivity contribution in [2.75, 3.05) is 0 Å². The van der Waals surface area contributed by atoms with Crippen molar-refractivity contribution in [3.8, 4) is 0 Å². The third-order valence-corrected chi connectivity index (χ3v) is 1.58. The van der Waals surface area contributed by atoms with E-state index in [2.05, 4.69) is 30.2 Å². The molecule has 1 heterocycles. The van der Waals surface area contributed by atoms with Gasteiger partial charge in [0.1, 0.15) is 0 Å². The Bertz CT molecular complexity index is 159. The van der Waals surface area contributed by atoms with Crippen LogP contribution in [0.4, 0.5) is 0 Å². The number of allylic oxidation sites excluding steroid dienone is 1. The molecule has 0 aromatic rings. The lowest BCUT2D eigenvalue weighted by atomic mass is 10.1. The average molecular weight is 138 g/mol. The fraction of sp³-hybridized carbons (Fsp3) is 0.750. The van der Waals surface area contributed by atoms with Crippen molar-refractivity contribution in [2.45, 2.75) is 39.2 Å². The number of rotatable bonds is 2. The van der Waals surface area contributed by atoms with Crippen LogP contribution in [0.3, 0.4) is 0 Å². The molecule has 0 bridgehead atoms. The number of azo groups is 1. The lowest BCUT2D eigenvalue weighted by Crippen LogP contribution is -1.99. The van der Waals surface area contributed by atoms with Gasteiger partial charge in [-0.15, -0.1) is 0 Å². The summed E-state index contributed by atoms with van der Waals surface area (Å²) in [7, 11) is 0. The summed E-state index contributed by atoms with van der Waals surface area (Å²) in [6.07, 6.45) is 5.51. The molecule has 0 N–H and O–H groups in total. The highest BCUT2D eigenvalue weighted by molar-refractivity contribution is 5.02. The van der Waals surface area contributed by atoms with E-state index < -0.39 is 0 Å². The van der Waals surface area contributed by atoms with Crippen LogP contribution < -0.4 is 0 Å². The predicted octanol–water partition coefficient (Wildman–Crippen LogP) is 2.91. The topological polar surface area (TPSA) is 24.7 Å². The molecule has 1 aliphatic rings. The molecule has 0 spiro atoms. The molecule has 2 heteroatoms. The summed E-state index contributed by atoms with van der Waals surface area (Å²) < 4.78 is 0. The minimum absolute atomic E-state index is 0.403. The fourth-order valence-electron chi connectivity index (χ4n) is 0.975. The van der Waals surface area contributed by atoms with E-state index in [-0.39, 0.29) is 0 Å². The molecule has 0 aliphatic carbocycles. The Hall–Kier alpha value is -0.660. The van der Waals surface area contributed by atoms with Crippen molar-refractivity contribution in [2.24, 2.45) is 10.2 Å². The highest BCUT2D eigenvalue weighted by Crippen LogP contribution is 2.15. The fourth-order valence-corrected chi connectivity index (χ4v) is 0.975. The molecular formula is C8H14N2. The monoisotopic (exact) mass is 138 g/mol. The van der Waals surface area contributed by atoms with Crippen molar-refractivity contribution in [3.63, 3.8) is 0 Å². The quantitative estimate of drug-likeness (QED) is 0.560. The Morgan fingerprint density at radius 1 is 1.70 bits per heavy atom. The maximum Gasteiger partial charge on any atom is 0.0719 e. The second-order valence-electron chi connectivity index (χ2n) is 2.75. The van der Waals surface area contributed by atoms with Gasteiger partial charge in [0.25, 0.3) is 0 Å². The standard InChI is InChI=1S/C8H14N2/c1-3-4-8-6-5-7(2)9-10-8/h6-7H,3-5H2,1-2H3. The SMILES string of the molecule is CCCC1=CCC(C)N=N1. The number of nitrogens with zero attached hydrogens (tertiary/aromatic N) is 2. The molecule has 1 unspecified atom stereocenters. The lowest BCUT2D eigenvalue weighted by Gasteiger charge is -2.08. The van der Waals surface area contributed by atoms with Gasteiger partial charge >= 0.3 is 0 Å². The van der Waals surface area contributed by atoms with Crippen molar-refractivity contribution in [3.05, 3.63) is 11.8 Å². The van der Waals surface area contributed by atoms with Gasteiger partial charge < -0.3 is 0 Å². The first-order valence-electron chi connectivity index (χ1n) is 3.92. The zero-order valence-corrected chi connectivity index (χ0v) is 6.67. The third kappa shape index (κ3) is 1.94. The molecule has 1 rings (SSSR count). The van der Waals surface area contributed by atoms with E-state index in [1.54, 1.807) is 0 Å². The van der Waals surface area contributed by atoms with Gasteiger partial charge in [0.15, 0.2) is 0 Å². The summed E-state index contributed by atoms with van der Waals surface area (Å²) >= 11 is 0. The van der Waals surface area contributed by atoms with Crippen LogP contribution >= 0.6 is 0 Å². The van der Waals surface area contributed by atoms with Gasteiger partial charge in [-0.3, -0.25) is 0 Å². The Balaban J connectivity index is 2.42. The molecule has 1 aliphatic heterocycles. The summed E-state index contributed by atoms with van der Waals surface area (Å²) in [4.78, 5) is 0. The largest absolute Gasteiger partial charge is 0.186 e. The van der Waals surface area contributed by atoms with Gasteiger partial charge in [0, 0.05) is 0 Å². The smallest absolute Gasteiger partial charge is 0.0719 e. The van der Waals surface area contributed by atoms with E-state index in [0.717, 1.165) is 12.8 Å². The number of hydrogen-bond acceptors (Lipinski definition) is 2. The van der Waals surface area contributed by atoms with Gasteiger partial charge in [0.2, 0.25) is 0 Å². The summed E-state index contributed by atoms with van der Waals surface area (Å²) in [5.74, 6) is 0. The molecule has 0 saturated carbocycles. The third-order valence-electron chi connectivity index (χ3n) is 1.58. The average Bonchev–Trinajstić information content (AvgIpc) is 1.95. The van der Waals surface area contributed by atoms with Crippen LogP contribution in [-0.4, -0.2) is 6.04 Å². The highest BCUT2D eigenvalue weighted by Gasteiger charge is 2.03. The lowest BCUT2D eigenvalue weighted by molar-refractivity contribution is 0.662. The van der Waals surface area contributed by atoms with E-state index in [9.17, 15) is 0 Å². The van der Waals surface area contributed by atoms with Crippen molar-refractivity contribution in [1.29, 1.82) is 0 Å². The molecule has 0 radical (unpaired) electrons. The van der Waals surface area contributed by atoms with E-state index >= 15 is 0 Å². The van der Waals surface area contributed by atoms with Crippen LogP contribution in [0.5, 0.6) is 0 Å². The zero-order valence-electron chi connectivity index (χ0n) is 6.67. The minimum atomic E-state index is 0.403. The van der Waals surface area contributed by atoms with Crippen molar-refractivity contribution >= 4 is 0 Å². The van der Waals surface area contributed by atoms with E-state index in [4.69, 9.17) is 0 Å². The maximum atomic E-state index is 4.09. The van der Waals surface area contributed by atoms with E-state index in [1.807, 2.05) is 0 Å². The first-order chi connectivity index (χ1) is 4.83. The molecule has 0 fully saturated rings. The van der Waals surface area contributed by atoms with Crippen LogP contribution in [0, 0.1) is 0 Å². The van der Waals surface area contributed by atoms with Gasteiger partial charge in [-0.2, -0.15) is 10.2 Å². The first-order valence-corrected chi connectivity index (χ1v) is 3.92. The van der Waals surface area contributed by atoms with Crippen LogP contribution in [0.25, 0.3) is 0 Å². The van der Waals surface area contributed by atoms with Crippen LogP contribution in [0.1, 0.15) is 33.1 Å². The Morgan fingerprint density at radius 3 is 3.00 bits per heavy atom. The molecule has 0 saturated heterocycles. The molecule has 0 amide bonds. The van der Waals surface area contributed by atoms with Gasteiger partial charge in [-0.25, -0.2) is 0 Å². The summed E-state index contributed by atoms with van der Waals surface area (Å²) in [6, 6.07) is 0.403. The molecule has 0 aromatic heterocycles. The highest BCUT2D eigenvalue weighted by atomic mass is 15.1. The molecule has 56 valence electrons. The zero-order chi connectivity index (χ0) is 7.40. The Kier molecular flexibility index (Phi) is 2.60. The summed E-state index contributed by atoms with van der Waals surface area (Å²) in [5, 5.41) is 8.17. The van der Waals surface area contributed by atoms with Crippen LogP contribution in [0.15, 0.2) is 22.0 Å². The second kappa shape index (κ2) is 3.49. The molecular weight excluding hydrogens is 124 g/mol. The predicted molar refractivity (Wildman–Crippen MR) is 41.9 cm³/mol. The van der Waals surface area contributed by atoms with Gasteiger partial charge in [0.05, 0.1) is 11.7 Å². The maximum absolute atomic E-state index is 4.09. The Morgan fingerprint density at radius 2 is 2.50 bits per heavy atom. The first kappa shape index (κ1) is 7.45. The van der Waals surface area contributed by atoms with Crippen LogP contribution in [-0.2, 0) is 0 Å². The van der Waals surface area contributed by atoms with Gasteiger partial charge in [-0.1, -0.05) is 19.4 Å².